The number of hydrogen-bond donors (Lipinski definition) is 0. The third-order valence-electron chi connectivity index (χ3n) is 5.19. The predicted octanol–water partition coefficient (Wildman–Crippen LogP) is 3.92. The summed E-state index contributed by atoms with van der Waals surface area (Å²) in [4.78, 5) is 7.39. The first kappa shape index (κ1) is 17.9. The molecule has 0 bridgehead atoms. The molecule has 1 aromatic carbocycles. The van der Waals surface area contributed by atoms with Crippen molar-refractivity contribution >= 4 is 0 Å². The van der Waals surface area contributed by atoms with Gasteiger partial charge in [-0.15, -0.1) is 0 Å². The summed E-state index contributed by atoms with van der Waals surface area (Å²) in [5, 5.41) is 4.27. The Labute approximate surface area is 159 Å². The Morgan fingerprint density at radius 1 is 1.15 bits per heavy atom. The number of aryl methyl sites for hydroxylation is 1. The topological polar surface area (TPSA) is 34.0 Å². The van der Waals surface area contributed by atoms with E-state index in [4.69, 9.17) is 4.98 Å². The average Bonchev–Trinajstić information content (AvgIpc) is 3.07. The number of hydrogen-bond acceptors (Lipinski definition) is 3. The van der Waals surface area contributed by atoms with E-state index in [0.717, 1.165) is 36.6 Å². The van der Waals surface area contributed by atoms with Gasteiger partial charge in [-0.3, -0.25) is 14.6 Å². The summed E-state index contributed by atoms with van der Waals surface area (Å²) in [6.45, 7) is 3.08. The van der Waals surface area contributed by atoms with Crippen molar-refractivity contribution in [2.24, 2.45) is 7.05 Å². The molecule has 140 valence electrons. The van der Waals surface area contributed by atoms with Crippen LogP contribution in [0.25, 0.3) is 0 Å². The highest BCUT2D eigenvalue weighted by molar-refractivity contribution is 5.24. The molecule has 1 saturated heterocycles. The van der Waals surface area contributed by atoms with E-state index >= 15 is 0 Å². The molecule has 0 radical (unpaired) electrons. The summed E-state index contributed by atoms with van der Waals surface area (Å²) >= 11 is 0. The fourth-order valence-electron chi connectivity index (χ4n) is 3.93. The summed E-state index contributed by atoms with van der Waals surface area (Å²) in [6.07, 6.45) is 7.04. The molecular formula is C22H25FN4. The summed E-state index contributed by atoms with van der Waals surface area (Å²) in [6, 6.07) is 13.0. The van der Waals surface area contributed by atoms with Crippen LogP contribution >= 0.6 is 0 Å². The minimum Gasteiger partial charge on any atom is -0.298 e. The van der Waals surface area contributed by atoms with Crippen molar-refractivity contribution in [3.63, 3.8) is 0 Å². The van der Waals surface area contributed by atoms with Crippen LogP contribution < -0.4 is 0 Å². The molecule has 1 aliphatic heterocycles. The smallest absolute Gasteiger partial charge is 0.123 e. The van der Waals surface area contributed by atoms with Gasteiger partial charge in [0.2, 0.25) is 0 Å². The Hall–Kier alpha value is -2.53. The molecule has 0 unspecified atom stereocenters. The zero-order valence-electron chi connectivity index (χ0n) is 15.7. The molecule has 1 fully saturated rings. The Balaban J connectivity index is 1.44. The van der Waals surface area contributed by atoms with E-state index < -0.39 is 0 Å². The normalized spacial score (nSPS) is 17.9. The number of aromatic nitrogens is 3. The fourth-order valence-corrected chi connectivity index (χ4v) is 3.93. The van der Waals surface area contributed by atoms with Crippen LogP contribution in [0, 0.1) is 5.82 Å². The van der Waals surface area contributed by atoms with Gasteiger partial charge in [0.05, 0.1) is 6.20 Å². The van der Waals surface area contributed by atoms with Crippen molar-refractivity contribution in [2.75, 3.05) is 13.1 Å². The van der Waals surface area contributed by atoms with Gasteiger partial charge in [0, 0.05) is 55.6 Å². The van der Waals surface area contributed by atoms with Crippen molar-refractivity contribution in [1.82, 2.24) is 19.7 Å². The second-order valence-corrected chi connectivity index (χ2v) is 7.46. The number of halogens is 1. The van der Waals surface area contributed by atoms with Crippen molar-refractivity contribution in [1.29, 1.82) is 0 Å². The summed E-state index contributed by atoms with van der Waals surface area (Å²) < 4.78 is 15.3. The van der Waals surface area contributed by atoms with Gasteiger partial charge in [0.1, 0.15) is 5.82 Å². The molecule has 0 spiro atoms. The number of pyridine rings is 1. The molecule has 3 heterocycles. The predicted molar refractivity (Wildman–Crippen MR) is 104 cm³/mol. The summed E-state index contributed by atoms with van der Waals surface area (Å²) in [7, 11) is 1.95. The van der Waals surface area contributed by atoms with Crippen LogP contribution in [0.5, 0.6) is 0 Å². The highest BCUT2D eigenvalue weighted by Crippen LogP contribution is 2.27. The van der Waals surface area contributed by atoms with E-state index in [1.54, 1.807) is 12.1 Å². The first-order valence-corrected chi connectivity index (χ1v) is 9.56. The van der Waals surface area contributed by atoms with Gasteiger partial charge in [-0.25, -0.2) is 4.39 Å². The lowest BCUT2D eigenvalue weighted by molar-refractivity contribution is 0.198. The van der Waals surface area contributed by atoms with Crippen LogP contribution in [0.1, 0.15) is 41.3 Å². The molecule has 0 N–H and O–H groups in total. The van der Waals surface area contributed by atoms with Crippen LogP contribution in [0.2, 0.25) is 0 Å². The fraction of sp³-hybridized carbons (Fsp3) is 0.364. The molecule has 1 atom stereocenters. The van der Waals surface area contributed by atoms with Gasteiger partial charge in [-0.05, 0) is 49.2 Å². The lowest BCUT2D eigenvalue weighted by Gasteiger charge is -2.32. The first-order chi connectivity index (χ1) is 13.2. The van der Waals surface area contributed by atoms with Crippen LogP contribution in [0.3, 0.4) is 0 Å². The lowest BCUT2D eigenvalue weighted by atomic mass is 9.93. The quantitative estimate of drug-likeness (QED) is 0.688. The van der Waals surface area contributed by atoms with Crippen LogP contribution in [0.4, 0.5) is 4.39 Å². The first-order valence-electron chi connectivity index (χ1n) is 9.56. The maximum absolute atomic E-state index is 13.4. The number of rotatable bonds is 5. The number of benzene rings is 1. The molecule has 4 nitrogen and oxygen atoms in total. The third-order valence-corrected chi connectivity index (χ3v) is 5.19. The second-order valence-electron chi connectivity index (χ2n) is 7.46. The maximum atomic E-state index is 13.4. The van der Waals surface area contributed by atoms with Gasteiger partial charge < -0.3 is 0 Å². The molecule has 0 aliphatic carbocycles. The van der Waals surface area contributed by atoms with E-state index in [0.29, 0.717) is 12.3 Å². The van der Waals surface area contributed by atoms with Gasteiger partial charge >= 0.3 is 0 Å². The Kier molecular flexibility index (Phi) is 5.30. The van der Waals surface area contributed by atoms with E-state index in [-0.39, 0.29) is 5.82 Å². The van der Waals surface area contributed by atoms with Gasteiger partial charge in [0.15, 0.2) is 0 Å². The maximum Gasteiger partial charge on any atom is 0.123 e. The van der Waals surface area contributed by atoms with Crippen molar-refractivity contribution in [3.8, 4) is 0 Å². The number of piperidine rings is 1. The zero-order chi connectivity index (χ0) is 18.6. The molecule has 5 heteroatoms. The number of likely N-dealkylation sites (tertiary alicyclic amines) is 1. The Morgan fingerprint density at radius 2 is 2.04 bits per heavy atom. The van der Waals surface area contributed by atoms with Gasteiger partial charge in [0.25, 0.3) is 0 Å². The SMILES string of the molecule is Cn1cc(CN2CCC[C@@H](c3cccc(Cc4cccc(F)c4)n3)C2)cn1. The average molecular weight is 364 g/mol. The standard InChI is InChI=1S/C22H25FN4/c1-26-14-18(13-24-26)15-27-10-4-6-19(16-27)22-9-3-8-21(25-22)12-17-5-2-7-20(23)11-17/h2-3,5,7-9,11,13-14,19H,4,6,10,12,15-16H2,1H3/t19-/m1/s1. The van der Waals surface area contributed by atoms with Crippen molar-refractivity contribution in [3.05, 3.63) is 83.2 Å². The van der Waals surface area contributed by atoms with Crippen molar-refractivity contribution in [2.45, 2.75) is 31.7 Å². The van der Waals surface area contributed by atoms with E-state index in [1.165, 1.54) is 24.5 Å². The molecule has 1 aliphatic rings. The van der Waals surface area contributed by atoms with E-state index in [1.807, 2.05) is 30.1 Å². The van der Waals surface area contributed by atoms with Crippen LogP contribution in [-0.4, -0.2) is 32.8 Å². The molecular weight excluding hydrogens is 339 g/mol. The highest BCUT2D eigenvalue weighted by Gasteiger charge is 2.23. The Morgan fingerprint density at radius 3 is 2.85 bits per heavy atom. The largest absolute Gasteiger partial charge is 0.298 e. The molecule has 0 amide bonds. The minimum absolute atomic E-state index is 0.193. The third kappa shape index (κ3) is 4.61. The minimum atomic E-state index is -0.193. The van der Waals surface area contributed by atoms with Crippen molar-refractivity contribution < 1.29 is 4.39 Å². The van der Waals surface area contributed by atoms with E-state index in [2.05, 4.69) is 28.3 Å². The monoisotopic (exact) mass is 364 g/mol. The lowest BCUT2D eigenvalue weighted by Crippen LogP contribution is -2.34. The highest BCUT2D eigenvalue weighted by atomic mass is 19.1. The molecule has 2 aromatic heterocycles. The van der Waals surface area contributed by atoms with Gasteiger partial charge in [-0.1, -0.05) is 18.2 Å². The Bertz CT molecular complexity index is 905. The molecule has 3 aromatic rings. The van der Waals surface area contributed by atoms with Gasteiger partial charge in [-0.2, -0.15) is 5.10 Å². The molecule has 27 heavy (non-hydrogen) atoms. The zero-order valence-corrected chi connectivity index (χ0v) is 15.7. The van der Waals surface area contributed by atoms with Crippen LogP contribution in [0.15, 0.2) is 54.9 Å². The van der Waals surface area contributed by atoms with Crippen LogP contribution in [-0.2, 0) is 20.0 Å². The molecule has 4 rings (SSSR count). The molecule has 0 saturated carbocycles. The van der Waals surface area contributed by atoms with E-state index in [9.17, 15) is 4.39 Å². The second kappa shape index (κ2) is 8.01. The summed E-state index contributed by atoms with van der Waals surface area (Å²) in [5.74, 6) is 0.254. The number of nitrogens with zero attached hydrogens (tertiary/aromatic N) is 4. The summed E-state index contributed by atoms with van der Waals surface area (Å²) in [5.41, 5.74) is 4.37.